The Morgan fingerprint density at radius 2 is 1.55 bits per heavy atom. The van der Waals surface area contributed by atoms with Gasteiger partial charge in [0.15, 0.2) is 0 Å². The molecule has 0 aliphatic rings. The lowest BCUT2D eigenvalue weighted by Crippen LogP contribution is -1.97. The molecule has 0 unspecified atom stereocenters. The first-order valence-corrected chi connectivity index (χ1v) is 5.55. The number of hydrogen-bond acceptors (Lipinski definition) is 0. The van der Waals surface area contributed by atoms with Crippen LogP contribution in [0.4, 0.5) is 0 Å². The maximum atomic E-state index is 2.31. The highest BCUT2D eigenvalue weighted by molar-refractivity contribution is 7.69. The zero-order valence-electron chi connectivity index (χ0n) is 7.04. The van der Waals surface area contributed by atoms with Gasteiger partial charge < -0.3 is 0 Å². The van der Waals surface area contributed by atoms with Gasteiger partial charge >= 0.3 is 0 Å². The lowest BCUT2D eigenvalue weighted by Gasteiger charge is -2.21. The summed E-state index contributed by atoms with van der Waals surface area (Å²) in [6, 6.07) is 10.7. The summed E-state index contributed by atoms with van der Waals surface area (Å²) in [4.78, 5) is 0. The van der Waals surface area contributed by atoms with Crippen molar-refractivity contribution >= 4 is 13.2 Å². The summed E-state index contributed by atoms with van der Waals surface area (Å²) < 4.78 is 0. The molecule has 60 valence electrons. The van der Waals surface area contributed by atoms with E-state index in [0.29, 0.717) is 0 Å². The van der Waals surface area contributed by atoms with E-state index in [1.54, 1.807) is 0 Å². The monoisotopic (exact) mass is 165 g/mol. The van der Waals surface area contributed by atoms with Crippen LogP contribution in [-0.2, 0) is 0 Å². The minimum Gasteiger partial charge on any atom is -0.236 e. The normalized spacial score (nSPS) is 10.5. The van der Waals surface area contributed by atoms with E-state index in [-0.39, 0.29) is 0 Å². The van der Waals surface area contributed by atoms with Gasteiger partial charge in [0.2, 0.25) is 0 Å². The maximum absolute atomic E-state index is 2.31. The highest BCUT2D eigenvalue weighted by Crippen LogP contribution is 2.39. The third-order valence-electron chi connectivity index (χ3n) is 1.73. The van der Waals surface area contributed by atoms with Crippen molar-refractivity contribution in [3.63, 3.8) is 0 Å². The lowest BCUT2D eigenvalue weighted by molar-refractivity contribution is 1.63. The van der Waals surface area contributed by atoms with Crippen LogP contribution in [0.5, 0.6) is 0 Å². The summed E-state index contributed by atoms with van der Waals surface area (Å²) in [5, 5.41) is 1.47. The summed E-state index contributed by atoms with van der Waals surface area (Å²) in [6.45, 7) is 4.28. The van der Waals surface area contributed by atoms with Crippen molar-refractivity contribution in [2.45, 2.75) is 13.8 Å². The Kier molecular flexibility index (Phi) is 3.59. The molecule has 1 aromatic carbocycles. The van der Waals surface area contributed by atoms with Gasteiger partial charge in [-0.15, -0.1) is 0 Å². The molecule has 0 spiro atoms. The zero-order valence-corrected chi connectivity index (χ0v) is 8.04. The van der Waals surface area contributed by atoms with Crippen LogP contribution in [0.2, 0.25) is 0 Å². The SMILES string of the molecule is C[CH-][PH+]([CH-]C)c1ccccc1. The molecule has 0 aromatic heterocycles. The molecule has 0 radical (unpaired) electrons. The van der Waals surface area contributed by atoms with Crippen LogP contribution in [0, 0.1) is 12.3 Å². The quantitative estimate of drug-likeness (QED) is 0.477. The fourth-order valence-electron chi connectivity index (χ4n) is 1.13. The van der Waals surface area contributed by atoms with Crippen LogP contribution >= 0.6 is 7.92 Å². The van der Waals surface area contributed by atoms with E-state index in [1.165, 1.54) is 5.30 Å². The van der Waals surface area contributed by atoms with Crippen molar-refractivity contribution in [2.24, 2.45) is 0 Å². The fourth-order valence-corrected chi connectivity index (χ4v) is 2.71. The van der Waals surface area contributed by atoms with Gasteiger partial charge in [0.05, 0.1) is 0 Å². The molecule has 0 N–H and O–H groups in total. The summed E-state index contributed by atoms with van der Waals surface area (Å²) in [5.74, 6) is 0. The Balaban J connectivity index is 2.74. The second kappa shape index (κ2) is 4.51. The van der Waals surface area contributed by atoms with Gasteiger partial charge in [0.1, 0.15) is 0 Å². The lowest BCUT2D eigenvalue weighted by atomic mass is 10.4. The first-order valence-electron chi connectivity index (χ1n) is 3.89. The molecule has 1 heteroatoms. The topological polar surface area (TPSA) is 0 Å². The molecule has 0 aliphatic carbocycles. The van der Waals surface area contributed by atoms with E-state index in [9.17, 15) is 0 Å². The summed E-state index contributed by atoms with van der Waals surface area (Å²) in [5.41, 5.74) is 0. The summed E-state index contributed by atoms with van der Waals surface area (Å²) >= 11 is 0. The molecular formula is C10H14P-. The number of hydrogen-bond donors (Lipinski definition) is 0. The second-order valence-electron chi connectivity index (χ2n) is 2.40. The van der Waals surface area contributed by atoms with Gasteiger partial charge in [-0.25, -0.2) is 7.92 Å². The maximum Gasteiger partial charge on any atom is 0.0340 e. The molecule has 0 saturated carbocycles. The molecule has 1 aromatic rings. The Morgan fingerprint density at radius 1 is 1.00 bits per heavy atom. The van der Waals surface area contributed by atoms with Crippen molar-refractivity contribution in [1.29, 1.82) is 0 Å². The van der Waals surface area contributed by atoms with Gasteiger partial charge in [-0.2, -0.15) is 26.2 Å². The van der Waals surface area contributed by atoms with E-state index >= 15 is 0 Å². The first-order chi connectivity index (χ1) is 5.38. The Hall–Kier alpha value is -0.350. The molecule has 0 atom stereocenters. The van der Waals surface area contributed by atoms with Gasteiger partial charge in [-0.3, -0.25) is 0 Å². The molecule has 0 fully saturated rings. The predicted molar refractivity (Wildman–Crippen MR) is 54.3 cm³/mol. The molecule has 0 bridgehead atoms. The Labute approximate surface area is 70.4 Å². The third kappa shape index (κ3) is 2.31. The molecule has 0 aliphatic heterocycles. The predicted octanol–water partition coefficient (Wildman–Crippen LogP) is 2.89. The smallest absolute Gasteiger partial charge is 0.0340 e. The van der Waals surface area contributed by atoms with Gasteiger partial charge in [0.25, 0.3) is 0 Å². The van der Waals surface area contributed by atoms with Crippen LogP contribution in [0.15, 0.2) is 30.3 Å². The Morgan fingerprint density at radius 3 is 2.00 bits per heavy atom. The number of benzene rings is 1. The Bertz CT molecular complexity index is 189. The largest absolute Gasteiger partial charge is 0.236 e. The van der Waals surface area contributed by atoms with E-state index in [2.05, 4.69) is 56.5 Å². The minimum absolute atomic E-state index is 0.451. The zero-order chi connectivity index (χ0) is 8.10. The average Bonchev–Trinajstić information content (AvgIpc) is 2.09. The molecule has 1 rings (SSSR count). The molecule has 11 heavy (non-hydrogen) atoms. The molecule has 0 saturated heterocycles. The average molecular weight is 165 g/mol. The van der Waals surface area contributed by atoms with Gasteiger partial charge in [0, 0.05) is 5.30 Å². The highest BCUT2D eigenvalue weighted by Gasteiger charge is 1.95. The molecule has 0 amide bonds. The van der Waals surface area contributed by atoms with Crippen LogP contribution < -0.4 is 5.30 Å². The minimum atomic E-state index is -0.451. The van der Waals surface area contributed by atoms with Crippen molar-refractivity contribution in [3.05, 3.63) is 42.7 Å². The standard InChI is InChI=1S/C10H14P/c1-3-11(4-2)10-8-6-5-7-9-10/h3-9,11H,1-2H3/q-1. The van der Waals surface area contributed by atoms with E-state index in [4.69, 9.17) is 0 Å². The van der Waals surface area contributed by atoms with Crippen LogP contribution in [0.3, 0.4) is 0 Å². The van der Waals surface area contributed by atoms with E-state index in [0.717, 1.165) is 0 Å². The van der Waals surface area contributed by atoms with Crippen LogP contribution in [-0.4, -0.2) is 0 Å². The third-order valence-corrected chi connectivity index (χ3v) is 3.97. The van der Waals surface area contributed by atoms with Crippen LogP contribution in [0.1, 0.15) is 13.8 Å². The van der Waals surface area contributed by atoms with Gasteiger partial charge in [-0.1, -0.05) is 18.2 Å². The molecule has 0 heterocycles. The summed E-state index contributed by atoms with van der Waals surface area (Å²) in [7, 11) is -0.451. The highest BCUT2D eigenvalue weighted by atomic mass is 31.1. The van der Waals surface area contributed by atoms with E-state index in [1.807, 2.05) is 0 Å². The fraction of sp³-hybridized carbons (Fsp3) is 0.200. The van der Waals surface area contributed by atoms with Crippen molar-refractivity contribution in [2.75, 3.05) is 0 Å². The first kappa shape index (κ1) is 8.74. The van der Waals surface area contributed by atoms with Gasteiger partial charge in [-0.05, 0) is 12.1 Å². The summed E-state index contributed by atoms with van der Waals surface area (Å²) in [6.07, 6.45) is 4.61. The second-order valence-corrected chi connectivity index (χ2v) is 5.04. The molecular weight excluding hydrogens is 151 g/mol. The van der Waals surface area contributed by atoms with Crippen molar-refractivity contribution in [3.8, 4) is 0 Å². The van der Waals surface area contributed by atoms with Crippen molar-refractivity contribution in [1.82, 2.24) is 0 Å². The van der Waals surface area contributed by atoms with Crippen LogP contribution in [0.25, 0.3) is 0 Å². The van der Waals surface area contributed by atoms with Crippen molar-refractivity contribution < 1.29 is 0 Å². The molecule has 0 nitrogen and oxygen atoms in total. The van der Waals surface area contributed by atoms with E-state index < -0.39 is 7.92 Å². The number of rotatable bonds is 3.